The first-order chi connectivity index (χ1) is 13.1. The van der Waals surface area contributed by atoms with Crippen LogP contribution in [0.3, 0.4) is 0 Å². The van der Waals surface area contributed by atoms with Crippen LogP contribution in [0.25, 0.3) is 0 Å². The van der Waals surface area contributed by atoms with Gasteiger partial charge in [0, 0.05) is 18.7 Å². The van der Waals surface area contributed by atoms with E-state index in [1.807, 2.05) is 36.9 Å². The van der Waals surface area contributed by atoms with Gasteiger partial charge in [0.25, 0.3) is 0 Å². The summed E-state index contributed by atoms with van der Waals surface area (Å²) in [5, 5.41) is 2.77. The van der Waals surface area contributed by atoms with Gasteiger partial charge in [-0.15, -0.1) is 0 Å². The first-order valence-electron chi connectivity index (χ1n) is 9.09. The second-order valence-corrected chi connectivity index (χ2v) is 6.09. The van der Waals surface area contributed by atoms with Crippen molar-refractivity contribution in [3.05, 3.63) is 59.4 Å². The zero-order valence-electron chi connectivity index (χ0n) is 16.1. The Morgan fingerprint density at radius 2 is 1.93 bits per heavy atom. The fourth-order valence-electron chi connectivity index (χ4n) is 2.72. The van der Waals surface area contributed by atoms with E-state index in [0.29, 0.717) is 36.8 Å². The maximum absolute atomic E-state index is 13.6. The molecule has 0 spiro atoms. The highest BCUT2D eigenvalue weighted by Gasteiger charge is 2.12. The van der Waals surface area contributed by atoms with Gasteiger partial charge in [0.05, 0.1) is 20.3 Å². The van der Waals surface area contributed by atoms with Gasteiger partial charge >= 0.3 is 0 Å². The standard InChI is InChI=1S/C21H27FN2O3/c1-4-24(14-16-10-11-19(27-5-2)20(12-16)26-3)15-21(25)23-13-17-8-6-7-9-18(17)22/h6-12H,4-5,13-15H2,1-3H3,(H,23,25). The van der Waals surface area contributed by atoms with Gasteiger partial charge in [0.1, 0.15) is 5.82 Å². The van der Waals surface area contributed by atoms with E-state index in [-0.39, 0.29) is 24.8 Å². The molecule has 2 aromatic rings. The Balaban J connectivity index is 1.92. The predicted octanol–water partition coefficient (Wildman–Crippen LogP) is 3.37. The van der Waals surface area contributed by atoms with Crippen LogP contribution in [0.15, 0.2) is 42.5 Å². The number of amides is 1. The van der Waals surface area contributed by atoms with Gasteiger partial charge in [-0.1, -0.05) is 31.2 Å². The molecule has 0 heterocycles. The van der Waals surface area contributed by atoms with Crippen molar-refractivity contribution in [2.45, 2.75) is 26.9 Å². The molecule has 0 saturated carbocycles. The minimum atomic E-state index is -0.313. The Kier molecular flexibility index (Phi) is 8.07. The molecule has 0 atom stereocenters. The monoisotopic (exact) mass is 374 g/mol. The molecule has 0 unspecified atom stereocenters. The Labute approximate surface area is 160 Å². The van der Waals surface area contributed by atoms with Gasteiger partial charge in [0.15, 0.2) is 11.5 Å². The molecule has 6 heteroatoms. The zero-order chi connectivity index (χ0) is 19.6. The fraction of sp³-hybridized carbons (Fsp3) is 0.381. The molecule has 2 rings (SSSR count). The summed E-state index contributed by atoms with van der Waals surface area (Å²) < 4.78 is 24.5. The number of nitrogens with zero attached hydrogens (tertiary/aromatic N) is 1. The highest BCUT2D eigenvalue weighted by atomic mass is 19.1. The van der Waals surface area contributed by atoms with Gasteiger partial charge < -0.3 is 14.8 Å². The quantitative estimate of drug-likeness (QED) is 0.693. The maximum Gasteiger partial charge on any atom is 0.234 e. The van der Waals surface area contributed by atoms with Gasteiger partial charge in [-0.2, -0.15) is 0 Å². The maximum atomic E-state index is 13.6. The number of carbonyl (C=O) groups is 1. The van der Waals surface area contributed by atoms with E-state index in [2.05, 4.69) is 5.32 Å². The van der Waals surface area contributed by atoms with Crippen molar-refractivity contribution in [1.29, 1.82) is 0 Å². The number of rotatable bonds is 10. The Morgan fingerprint density at radius 3 is 2.59 bits per heavy atom. The Morgan fingerprint density at radius 1 is 1.15 bits per heavy atom. The van der Waals surface area contributed by atoms with Crippen LogP contribution in [0.4, 0.5) is 4.39 Å². The number of methoxy groups -OCH3 is 1. The van der Waals surface area contributed by atoms with Crippen molar-refractivity contribution in [2.75, 3.05) is 26.8 Å². The molecule has 0 saturated heterocycles. The topological polar surface area (TPSA) is 50.8 Å². The van der Waals surface area contributed by atoms with E-state index in [1.165, 1.54) is 6.07 Å². The van der Waals surface area contributed by atoms with Crippen LogP contribution in [0.2, 0.25) is 0 Å². The molecular formula is C21H27FN2O3. The number of ether oxygens (including phenoxy) is 2. The van der Waals surface area contributed by atoms with E-state index in [9.17, 15) is 9.18 Å². The summed E-state index contributed by atoms with van der Waals surface area (Å²) >= 11 is 0. The van der Waals surface area contributed by atoms with Gasteiger partial charge in [0.2, 0.25) is 5.91 Å². The van der Waals surface area contributed by atoms with Crippen LogP contribution in [-0.4, -0.2) is 37.6 Å². The second-order valence-electron chi connectivity index (χ2n) is 6.09. The van der Waals surface area contributed by atoms with Crippen LogP contribution in [-0.2, 0) is 17.9 Å². The Bertz CT molecular complexity index is 752. The van der Waals surface area contributed by atoms with Crippen LogP contribution in [0.5, 0.6) is 11.5 Å². The number of likely N-dealkylation sites (N-methyl/N-ethyl adjacent to an activating group) is 1. The minimum absolute atomic E-state index is 0.141. The van der Waals surface area contributed by atoms with Crippen molar-refractivity contribution < 1.29 is 18.7 Å². The number of benzene rings is 2. The summed E-state index contributed by atoms with van der Waals surface area (Å²) in [6.07, 6.45) is 0. The average molecular weight is 374 g/mol. The Hall–Kier alpha value is -2.60. The molecule has 2 aromatic carbocycles. The van der Waals surface area contributed by atoms with E-state index >= 15 is 0 Å². The first-order valence-corrected chi connectivity index (χ1v) is 9.09. The molecule has 1 amide bonds. The lowest BCUT2D eigenvalue weighted by Gasteiger charge is -2.21. The predicted molar refractivity (Wildman–Crippen MR) is 103 cm³/mol. The summed E-state index contributed by atoms with van der Waals surface area (Å²) in [7, 11) is 1.61. The van der Waals surface area contributed by atoms with Gasteiger partial charge in [-0.3, -0.25) is 9.69 Å². The molecule has 0 aromatic heterocycles. The summed E-state index contributed by atoms with van der Waals surface area (Å²) in [4.78, 5) is 14.2. The molecule has 0 radical (unpaired) electrons. The van der Waals surface area contributed by atoms with Crippen LogP contribution < -0.4 is 14.8 Å². The summed E-state index contributed by atoms with van der Waals surface area (Å²) in [6.45, 7) is 6.22. The molecule has 0 aliphatic carbocycles. The highest BCUT2D eigenvalue weighted by Crippen LogP contribution is 2.28. The van der Waals surface area contributed by atoms with Crippen molar-refractivity contribution in [1.82, 2.24) is 10.2 Å². The van der Waals surface area contributed by atoms with E-state index in [0.717, 1.165) is 5.56 Å². The van der Waals surface area contributed by atoms with E-state index < -0.39 is 0 Å². The van der Waals surface area contributed by atoms with Crippen molar-refractivity contribution in [2.24, 2.45) is 0 Å². The zero-order valence-corrected chi connectivity index (χ0v) is 16.1. The normalized spacial score (nSPS) is 10.7. The van der Waals surface area contributed by atoms with Crippen LogP contribution >= 0.6 is 0 Å². The highest BCUT2D eigenvalue weighted by molar-refractivity contribution is 5.78. The van der Waals surface area contributed by atoms with Gasteiger partial charge in [-0.25, -0.2) is 4.39 Å². The summed E-state index contributed by atoms with van der Waals surface area (Å²) in [6, 6.07) is 12.2. The van der Waals surface area contributed by atoms with Crippen molar-refractivity contribution in [3.8, 4) is 11.5 Å². The average Bonchev–Trinajstić information content (AvgIpc) is 2.68. The molecule has 27 heavy (non-hydrogen) atoms. The second kappa shape index (κ2) is 10.5. The smallest absolute Gasteiger partial charge is 0.234 e. The first kappa shape index (κ1) is 20.7. The number of hydrogen-bond acceptors (Lipinski definition) is 4. The number of halogens is 1. The summed E-state index contributed by atoms with van der Waals surface area (Å²) in [5.74, 6) is 0.925. The molecule has 5 nitrogen and oxygen atoms in total. The third-order valence-electron chi connectivity index (χ3n) is 4.18. The summed E-state index contributed by atoms with van der Waals surface area (Å²) in [5.41, 5.74) is 1.50. The lowest BCUT2D eigenvalue weighted by atomic mass is 10.2. The molecule has 0 bridgehead atoms. The third kappa shape index (κ3) is 6.25. The lowest BCUT2D eigenvalue weighted by Crippen LogP contribution is -2.36. The van der Waals surface area contributed by atoms with Crippen LogP contribution in [0, 0.1) is 5.82 Å². The SMILES string of the molecule is CCOc1ccc(CN(CC)CC(=O)NCc2ccccc2F)cc1OC. The number of hydrogen-bond donors (Lipinski definition) is 1. The third-order valence-corrected chi connectivity index (χ3v) is 4.18. The van der Waals surface area contributed by atoms with E-state index in [4.69, 9.17) is 9.47 Å². The largest absolute Gasteiger partial charge is 0.493 e. The number of carbonyl (C=O) groups excluding carboxylic acids is 1. The van der Waals surface area contributed by atoms with Gasteiger partial charge in [-0.05, 0) is 37.2 Å². The fourth-order valence-corrected chi connectivity index (χ4v) is 2.72. The molecule has 0 aliphatic rings. The lowest BCUT2D eigenvalue weighted by molar-refractivity contribution is -0.122. The minimum Gasteiger partial charge on any atom is -0.493 e. The molecule has 146 valence electrons. The molecule has 1 N–H and O–H groups in total. The molecule has 0 aliphatic heterocycles. The van der Waals surface area contributed by atoms with Crippen molar-refractivity contribution in [3.63, 3.8) is 0 Å². The van der Waals surface area contributed by atoms with Crippen molar-refractivity contribution >= 4 is 5.91 Å². The van der Waals surface area contributed by atoms with E-state index in [1.54, 1.807) is 25.3 Å². The number of nitrogens with one attached hydrogen (secondary N) is 1. The molecular weight excluding hydrogens is 347 g/mol. The van der Waals surface area contributed by atoms with Crippen LogP contribution in [0.1, 0.15) is 25.0 Å². The molecule has 0 fully saturated rings.